The van der Waals surface area contributed by atoms with E-state index >= 15 is 0 Å². The lowest BCUT2D eigenvalue weighted by molar-refractivity contribution is -0.0172. The van der Waals surface area contributed by atoms with Crippen LogP contribution in [0.2, 0.25) is 0 Å². The maximum atomic E-state index is 5.60. The van der Waals surface area contributed by atoms with Gasteiger partial charge in [0.25, 0.3) is 0 Å². The van der Waals surface area contributed by atoms with Gasteiger partial charge >= 0.3 is 0 Å². The van der Waals surface area contributed by atoms with Crippen LogP contribution in [0.5, 0.6) is 0 Å². The highest BCUT2D eigenvalue weighted by atomic mass is 32.2. The molecule has 0 spiro atoms. The molecule has 2 fully saturated rings. The molecule has 2 aliphatic heterocycles. The van der Waals surface area contributed by atoms with Gasteiger partial charge in [-0.15, -0.1) is 0 Å². The van der Waals surface area contributed by atoms with Gasteiger partial charge in [0.05, 0.1) is 6.61 Å². The molecule has 4 heteroatoms. The number of ether oxygens (including phenoxy) is 2. The van der Waals surface area contributed by atoms with Crippen molar-refractivity contribution in [3.05, 3.63) is 0 Å². The van der Waals surface area contributed by atoms with E-state index in [4.69, 9.17) is 9.47 Å². The zero-order chi connectivity index (χ0) is 10.6. The van der Waals surface area contributed by atoms with Gasteiger partial charge in [-0.3, -0.25) is 0 Å². The highest BCUT2D eigenvalue weighted by molar-refractivity contribution is 7.99. The number of hydrogen-bond acceptors (Lipinski definition) is 4. The van der Waals surface area contributed by atoms with Crippen LogP contribution >= 0.6 is 11.8 Å². The van der Waals surface area contributed by atoms with E-state index in [1.54, 1.807) is 7.11 Å². The second-order valence-corrected chi connectivity index (χ2v) is 5.63. The third-order valence-corrected chi connectivity index (χ3v) is 4.59. The maximum absolute atomic E-state index is 5.60. The standard InChI is InChI=1S/C11H21NO2S/c1-13-11(4-5-14-9-11)8-12-10-3-2-6-15-7-10/h10,12H,2-9H2,1H3. The molecule has 0 bridgehead atoms. The summed E-state index contributed by atoms with van der Waals surface area (Å²) >= 11 is 2.06. The van der Waals surface area contributed by atoms with Gasteiger partial charge in [0.2, 0.25) is 0 Å². The largest absolute Gasteiger partial charge is 0.378 e. The summed E-state index contributed by atoms with van der Waals surface area (Å²) in [6.07, 6.45) is 3.68. The van der Waals surface area contributed by atoms with Crippen molar-refractivity contribution in [2.75, 3.05) is 38.4 Å². The summed E-state index contributed by atoms with van der Waals surface area (Å²) in [6, 6.07) is 0.677. The minimum Gasteiger partial charge on any atom is -0.378 e. The zero-order valence-corrected chi connectivity index (χ0v) is 10.3. The molecular weight excluding hydrogens is 210 g/mol. The summed E-state index contributed by atoms with van der Waals surface area (Å²) in [7, 11) is 1.80. The molecule has 2 rings (SSSR count). The number of methoxy groups -OCH3 is 1. The van der Waals surface area contributed by atoms with Crippen molar-refractivity contribution >= 4 is 11.8 Å². The fraction of sp³-hybridized carbons (Fsp3) is 1.00. The first kappa shape index (κ1) is 11.7. The summed E-state index contributed by atoms with van der Waals surface area (Å²) in [5.74, 6) is 2.58. The predicted octanol–water partition coefficient (Wildman–Crippen LogP) is 1.28. The van der Waals surface area contributed by atoms with E-state index in [1.165, 1.54) is 24.3 Å². The monoisotopic (exact) mass is 231 g/mol. The molecular formula is C11H21NO2S. The van der Waals surface area contributed by atoms with E-state index in [-0.39, 0.29) is 5.60 Å². The van der Waals surface area contributed by atoms with Crippen LogP contribution < -0.4 is 5.32 Å². The van der Waals surface area contributed by atoms with Crippen molar-refractivity contribution in [1.29, 1.82) is 0 Å². The third kappa shape index (κ3) is 3.09. The molecule has 88 valence electrons. The van der Waals surface area contributed by atoms with Crippen molar-refractivity contribution in [3.63, 3.8) is 0 Å². The van der Waals surface area contributed by atoms with Gasteiger partial charge in [0.1, 0.15) is 5.60 Å². The van der Waals surface area contributed by atoms with E-state index in [2.05, 4.69) is 17.1 Å². The smallest absolute Gasteiger partial charge is 0.106 e. The highest BCUT2D eigenvalue weighted by Crippen LogP contribution is 2.23. The SMILES string of the molecule is COC1(CNC2CCCSC2)CCOC1. The van der Waals surface area contributed by atoms with Crippen molar-refractivity contribution in [2.24, 2.45) is 0 Å². The topological polar surface area (TPSA) is 30.5 Å². The molecule has 0 aliphatic carbocycles. The number of nitrogens with one attached hydrogen (secondary N) is 1. The molecule has 2 atom stereocenters. The summed E-state index contributed by atoms with van der Waals surface area (Å²) in [4.78, 5) is 0. The Morgan fingerprint density at radius 1 is 1.60 bits per heavy atom. The predicted molar refractivity (Wildman–Crippen MR) is 63.5 cm³/mol. The van der Waals surface area contributed by atoms with Gasteiger partial charge in [0.15, 0.2) is 0 Å². The lowest BCUT2D eigenvalue weighted by Gasteiger charge is -2.30. The molecule has 15 heavy (non-hydrogen) atoms. The van der Waals surface area contributed by atoms with Crippen molar-refractivity contribution in [3.8, 4) is 0 Å². The van der Waals surface area contributed by atoms with E-state index in [1.807, 2.05) is 0 Å². The van der Waals surface area contributed by atoms with Crippen molar-refractivity contribution < 1.29 is 9.47 Å². The third-order valence-electron chi connectivity index (χ3n) is 3.37. The summed E-state index contributed by atoms with van der Waals surface area (Å²) in [6.45, 7) is 2.53. The maximum Gasteiger partial charge on any atom is 0.106 e. The minimum absolute atomic E-state index is 0.0535. The van der Waals surface area contributed by atoms with Gasteiger partial charge in [0, 0.05) is 38.5 Å². The van der Waals surface area contributed by atoms with Gasteiger partial charge in [-0.25, -0.2) is 0 Å². The lowest BCUT2D eigenvalue weighted by Crippen LogP contribution is -2.47. The Balaban J connectivity index is 1.75. The summed E-state index contributed by atoms with van der Waals surface area (Å²) in [5, 5.41) is 3.63. The normalized spacial score (nSPS) is 37.0. The Labute approximate surface area is 96.3 Å². The molecule has 0 saturated carbocycles. The molecule has 2 heterocycles. The molecule has 0 aromatic rings. The first-order valence-electron chi connectivity index (χ1n) is 5.79. The average Bonchev–Trinajstić information content (AvgIpc) is 2.77. The van der Waals surface area contributed by atoms with Crippen LogP contribution in [0.15, 0.2) is 0 Å². The molecule has 0 radical (unpaired) electrons. The number of rotatable bonds is 4. The Morgan fingerprint density at radius 3 is 3.13 bits per heavy atom. The molecule has 2 saturated heterocycles. The van der Waals surface area contributed by atoms with Gasteiger partial charge < -0.3 is 14.8 Å². The highest BCUT2D eigenvalue weighted by Gasteiger charge is 2.35. The van der Waals surface area contributed by atoms with Crippen LogP contribution in [0.4, 0.5) is 0 Å². The molecule has 3 nitrogen and oxygen atoms in total. The van der Waals surface area contributed by atoms with Crippen LogP contribution in [0.1, 0.15) is 19.3 Å². The number of thioether (sulfide) groups is 1. The molecule has 2 aliphatic rings. The zero-order valence-electron chi connectivity index (χ0n) is 9.46. The van der Waals surface area contributed by atoms with Crippen molar-refractivity contribution in [1.82, 2.24) is 5.32 Å². The average molecular weight is 231 g/mol. The first-order chi connectivity index (χ1) is 7.35. The Kier molecular flexibility index (Phi) is 4.31. The number of hydrogen-bond donors (Lipinski definition) is 1. The van der Waals surface area contributed by atoms with E-state index < -0.39 is 0 Å². The second-order valence-electron chi connectivity index (χ2n) is 4.48. The molecule has 0 amide bonds. The molecule has 0 aromatic carbocycles. The van der Waals surface area contributed by atoms with E-state index in [0.717, 1.165) is 26.2 Å². The van der Waals surface area contributed by atoms with Crippen molar-refractivity contribution in [2.45, 2.75) is 30.9 Å². The Hall–Kier alpha value is 0.230. The van der Waals surface area contributed by atoms with Crippen LogP contribution in [0, 0.1) is 0 Å². The van der Waals surface area contributed by atoms with E-state index in [9.17, 15) is 0 Å². The van der Waals surface area contributed by atoms with Crippen LogP contribution in [-0.4, -0.2) is 50.0 Å². The fourth-order valence-electron chi connectivity index (χ4n) is 2.19. The van der Waals surface area contributed by atoms with Crippen LogP contribution in [0.25, 0.3) is 0 Å². The Morgan fingerprint density at radius 2 is 2.53 bits per heavy atom. The van der Waals surface area contributed by atoms with Gasteiger partial charge in [-0.05, 0) is 18.6 Å². The molecule has 0 aromatic heterocycles. The van der Waals surface area contributed by atoms with Crippen LogP contribution in [0.3, 0.4) is 0 Å². The lowest BCUT2D eigenvalue weighted by atomic mass is 10.0. The molecule has 2 unspecified atom stereocenters. The minimum atomic E-state index is -0.0535. The first-order valence-corrected chi connectivity index (χ1v) is 6.94. The Bertz CT molecular complexity index is 189. The quantitative estimate of drug-likeness (QED) is 0.789. The van der Waals surface area contributed by atoms with Gasteiger partial charge in [-0.1, -0.05) is 0 Å². The fourth-order valence-corrected chi connectivity index (χ4v) is 3.30. The molecule has 1 N–H and O–H groups in total. The summed E-state index contributed by atoms with van der Waals surface area (Å²) in [5.41, 5.74) is -0.0535. The second kappa shape index (κ2) is 5.53. The van der Waals surface area contributed by atoms with Crippen LogP contribution in [-0.2, 0) is 9.47 Å². The van der Waals surface area contributed by atoms with Gasteiger partial charge in [-0.2, -0.15) is 11.8 Å². The van der Waals surface area contributed by atoms with E-state index in [0.29, 0.717) is 6.04 Å². The summed E-state index contributed by atoms with van der Waals surface area (Å²) < 4.78 is 11.0.